The first-order chi connectivity index (χ1) is 13.8. The van der Waals surface area contributed by atoms with E-state index >= 15 is 0 Å². The predicted molar refractivity (Wildman–Crippen MR) is 109 cm³/mol. The Kier molecular flexibility index (Phi) is 5.70. The average Bonchev–Trinajstić information content (AvgIpc) is 3.35. The van der Waals surface area contributed by atoms with Gasteiger partial charge in [-0.3, -0.25) is 0 Å². The van der Waals surface area contributed by atoms with Gasteiger partial charge in [-0.15, -0.1) is 11.3 Å². The SMILES string of the molecule is COc1ccc(CN2[C@@H]3CN(S(=O)(=O)c4cccs4)C[C@@H]3OCCS2(=O)=O)cc1. The lowest BCUT2D eigenvalue weighted by atomic mass is 10.1. The Morgan fingerprint density at radius 3 is 2.62 bits per heavy atom. The molecule has 0 saturated carbocycles. The van der Waals surface area contributed by atoms with Gasteiger partial charge in [0.1, 0.15) is 9.96 Å². The first-order valence-electron chi connectivity index (χ1n) is 9.09. The Morgan fingerprint density at radius 1 is 1.21 bits per heavy atom. The maximum atomic E-state index is 12.9. The van der Waals surface area contributed by atoms with Gasteiger partial charge in [-0.1, -0.05) is 18.2 Å². The van der Waals surface area contributed by atoms with Crippen molar-refractivity contribution in [2.45, 2.75) is 22.9 Å². The summed E-state index contributed by atoms with van der Waals surface area (Å²) in [5, 5.41) is 1.71. The Hall–Kier alpha value is -1.50. The summed E-state index contributed by atoms with van der Waals surface area (Å²) in [6, 6.07) is 9.84. The molecule has 2 atom stereocenters. The van der Waals surface area contributed by atoms with Gasteiger partial charge >= 0.3 is 0 Å². The molecule has 158 valence electrons. The van der Waals surface area contributed by atoms with Gasteiger partial charge in [0.25, 0.3) is 10.0 Å². The third-order valence-corrected chi connectivity index (χ3v) is 10.2. The third-order valence-electron chi connectivity index (χ3n) is 5.19. The number of hydrogen-bond donors (Lipinski definition) is 0. The first-order valence-corrected chi connectivity index (χ1v) is 13.0. The van der Waals surface area contributed by atoms with Crippen LogP contribution in [0.25, 0.3) is 0 Å². The molecule has 0 spiro atoms. The summed E-state index contributed by atoms with van der Waals surface area (Å²) in [7, 11) is -5.70. The maximum Gasteiger partial charge on any atom is 0.252 e. The monoisotopic (exact) mass is 458 g/mol. The summed E-state index contributed by atoms with van der Waals surface area (Å²) in [4.78, 5) is 0. The molecule has 0 bridgehead atoms. The molecule has 1 aromatic carbocycles. The Bertz CT molecular complexity index is 1050. The number of methoxy groups -OCH3 is 1. The quantitative estimate of drug-likeness (QED) is 0.672. The van der Waals surface area contributed by atoms with Crippen LogP contribution >= 0.6 is 11.3 Å². The number of nitrogens with zero attached hydrogens (tertiary/aromatic N) is 2. The van der Waals surface area contributed by atoms with Crippen LogP contribution in [0.15, 0.2) is 46.0 Å². The van der Waals surface area contributed by atoms with Crippen molar-refractivity contribution in [2.75, 3.05) is 32.6 Å². The molecule has 2 aromatic rings. The Balaban J connectivity index is 1.62. The van der Waals surface area contributed by atoms with Gasteiger partial charge in [0, 0.05) is 19.6 Å². The van der Waals surface area contributed by atoms with E-state index < -0.39 is 32.2 Å². The maximum absolute atomic E-state index is 12.9. The number of benzene rings is 1. The molecule has 2 saturated heterocycles. The van der Waals surface area contributed by atoms with Gasteiger partial charge in [0.15, 0.2) is 0 Å². The minimum absolute atomic E-state index is 0.0511. The highest BCUT2D eigenvalue weighted by Gasteiger charge is 2.47. The van der Waals surface area contributed by atoms with Gasteiger partial charge in [-0.05, 0) is 29.1 Å². The molecular formula is C18H22N2O6S3. The van der Waals surface area contributed by atoms with E-state index in [2.05, 4.69) is 0 Å². The average molecular weight is 459 g/mol. The summed E-state index contributed by atoms with van der Waals surface area (Å²) < 4.78 is 65.6. The molecule has 2 aliphatic heterocycles. The lowest BCUT2D eigenvalue weighted by Crippen LogP contribution is -2.45. The number of rotatable bonds is 5. The fourth-order valence-corrected chi connectivity index (χ4v) is 7.77. The minimum Gasteiger partial charge on any atom is -0.497 e. The van der Waals surface area contributed by atoms with E-state index in [0.717, 1.165) is 16.9 Å². The number of ether oxygens (including phenoxy) is 2. The van der Waals surface area contributed by atoms with E-state index in [9.17, 15) is 16.8 Å². The second-order valence-corrected chi connectivity index (χ2v) is 12.1. The fourth-order valence-electron chi connectivity index (χ4n) is 3.65. The molecule has 0 radical (unpaired) electrons. The van der Waals surface area contributed by atoms with Crippen molar-refractivity contribution in [1.29, 1.82) is 0 Å². The molecular weight excluding hydrogens is 436 g/mol. The second kappa shape index (κ2) is 7.97. The van der Waals surface area contributed by atoms with E-state index in [-0.39, 0.29) is 36.2 Å². The summed E-state index contributed by atoms with van der Waals surface area (Å²) in [6.07, 6.45) is -0.500. The Morgan fingerprint density at radius 2 is 1.97 bits per heavy atom. The normalized spacial score (nSPS) is 25.4. The number of thiophene rings is 1. The third kappa shape index (κ3) is 4.07. The van der Waals surface area contributed by atoms with Crippen LogP contribution in [0.4, 0.5) is 0 Å². The van der Waals surface area contributed by atoms with Crippen molar-refractivity contribution in [3.05, 3.63) is 47.3 Å². The van der Waals surface area contributed by atoms with Crippen LogP contribution in [-0.2, 0) is 31.3 Å². The molecule has 0 aliphatic carbocycles. The van der Waals surface area contributed by atoms with Crippen molar-refractivity contribution >= 4 is 31.4 Å². The molecule has 3 heterocycles. The highest BCUT2D eigenvalue weighted by molar-refractivity contribution is 7.91. The van der Waals surface area contributed by atoms with Crippen molar-refractivity contribution in [3.8, 4) is 5.75 Å². The van der Waals surface area contributed by atoms with Gasteiger partial charge < -0.3 is 9.47 Å². The van der Waals surface area contributed by atoms with Crippen LogP contribution in [0.2, 0.25) is 0 Å². The molecule has 4 rings (SSSR count). The van der Waals surface area contributed by atoms with Crippen molar-refractivity contribution in [1.82, 2.24) is 8.61 Å². The van der Waals surface area contributed by atoms with Crippen LogP contribution in [0.1, 0.15) is 5.56 Å². The highest BCUT2D eigenvalue weighted by Crippen LogP contribution is 2.31. The summed E-state index contributed by atoms with van der Waals surface area (Å²) in [6.45, 7) is 0.416. The predicted octanol–water partition coefficient (Wildman–Crippen LogP) is 1.36. The molecule has 0 amide bonds. The van der Waals surface area contributed by atoms with Gasteiger partial charge in [0.05, 0.1) is 31.6 Å². The van der Waals surface area contributed by atoms with E-state index in [0.29, 0.717) is 5.75 Å². The van der Waals surface area contributed by atoms with Gasteiger partial charge in [0.2, 0.25) is 10.0 Å². The Labute approximate surface area is 174 Å². The van der Waals surface area contributed by atoms with Gasteiger partial charge in [-0.2, -0.15) is 8.61 Å². The molecule has 29 heavy (non-hydrogen) atoms. The van der Waals surface area contributed by atoms with Crippen LogP contribution in [-0.4, -0.2) is 70.2 Å². The summed E-state index contributed by atoms with van der Waals surface area (Å²) in [5.41, 5.74) is 0.801. The van der Waals surface area contributed by atoms with Crippen LogP contribution in [0.5, 0.6) is 5.75 Å². The van der Waals surface area contributed by atoms with Gasteiger partial charge in [-0.25, -0.2) is 16.8 Å². The van der Waals surface area contributed by atoms with E-state index in [1.165, 1.54) is 8.61 Å². The number of sulfonamides is 2. The molecule has 2 fully saturated rings. The fraction of sp³-hybridized carbons (Fsp3) is 0.444. The van der Waals surface area contributed by atoms with Crippen LogP contribution in [0, 0.1) is 0 Å². The lowest BCUT2D eigenvalue weighted by molar-refractivity contribution is 0.0480. The van der Waals surface area contributed by atoms with Crippen LogP contribution < -0.4 is 4.74 Å². The van der Waals surface area contributed by atoms with Crippen LogP contribution in [0.3, 0.4) is 0 Å². The molecule has 8 nitrogen and oxygen atoms in total. The zero-order valence-electron chi connectivity index (χ0n) is 15.8. The largest absolute Gasteiger partial charge is 0.497 e. The van der Waals surface area contributed by atoms with Crippen molar-refractivity contribution in [3.63, 3.8) is 0 Å². The minimum atomic E-state index is -3.67. The number of hydrogen-bond acceptors (Lipinski definition) is 7. The number of fused-ring (bicyclic) bond motifs is 1. The second-order valence-electron chi connectivity index (χ2n) is 6.94. The first kappa shape index (κ1) is 20.8. The highest BCUT2D eigenvalue weighted by atomic mass is 32.2. The molecule has 1 aromatic heterocycles. The summed E-state index contributed by atoms with van der Waals surface area (Å²) in [5.74, 6) is 0.566. The van der Waals surface area contributed by atoms with Crippen molar-refractivity contribution in [2.24, 2.45) is 0 Å². The van der Waals surface area contributed by atoms with E-state index in [1.807, 2.05) is 12.1 Å². The zero-order valence-corrected chi connectivity index (χ0v) is 18.2. The topological polar surface area (TPSA) is 93.2 Å². The molecule has 11 heteroatoms. The zero-order chi connectivity index (χ0) is 20.6. The smallest absolute Gasteiger partial charge is 0.252 e. The molecule has 2 aliphatic rings. The van der Waals surface area contributed by atoms with E-state index in [1.54, 1.807) is 36.8 Å². The molecule has 0 N–H and O–H groups in total. The lowest BCUT2D eigenvalue weighted by Gasteiger charge is -2.28. The van der Waals surface area contributed by atoms with E-state index in [4.69, 9.17) is 9.47 Å². The standard InChI is InChI=1S/C18H22N2O6S3/c1-25-15-6-4-14(5-7-15)11-20-16-12-19(29(23,24)18-3-2-9-27-18)13-17(16)26-8-10-28(20,21)22/h2-7,9,16-17H,8,10-13H2,1H3/t16-,17+/m1/s1. The summed E-state index contributed by atoms with van der Waals surface area (Å²) >= 11 is 1.15. The van der Waals surface area contributed by atoms with Crippen molar-refractivity contribution < 1.29 is 26.3 Å². The molecule has 0 unspecified atom stereocenters.